The Morgan fingerprint density at radius 3 is 2.71 bits per heavy atom. The monoisotopic (exact) mass is 561 g/mol. The topological polar surface area (TPSA) is 122 Å². The summed E-state index contributed by atoms with van der Waals surface area (Å²) in [5.74, 6) is 5.91. The van der Waals surface area contributed by atoms with E-state index < -0.39 is 5.41 Å². The second-order valence-corrected chi connectivity index (χ2v) is 12.6. The highest BCUT2D eigenvalue weighted by molar-refractivity contribution is 6.09. The second-order valence-electron chi connectivity index (χ2n) is 12.6. The Kier molecular flexibility index (Phi) is 6.05. The van der Waals surface area contributed by atoms with Crippen LogP contribution in [0, 0.1) is 17.8 Å². The molecule has 3 saturated carbocycles. The highest BCUT2D eigenvalue weighted by atomic mass is 16.5. The van der Waals surface area contributed by atoms with Gasteiger partial charge < -0.3 is 29.7 Å². The van der Waals surface area contributed by atoms with E-state index in [2.05, 4.69) is 32.5 Å². The number of hydrazine groups is 1. The van der Waals surface area contributed by atoms with Crippen molar-refractivity contribution in [2.24, 2.45) is 17.8 Å². The summed E-state index contributed by atoms with van der Waals surface area (Å²) in [6.07, 6.45) is 6.45. The first-order chi connectivity index (χ1) is 20.1. The number of carbonyl (C=O) groups is 1. The lowest BCUT2D eigenvalue weighted by Crippen LogP contribution is -2.40. The number of carbonyl (C=O) groups excluding carboxylic acids is 1. The van der Waals surface area contributed by atoms with Gasteiger partial charge in [0.2, 0.25) is 11.7 Å². The normalized spacial score (nSPS) is 33.8. The summed E-state index contributed by atoms with van der Waals surface area (Å²) in [6, 6.07) is 6.29. The average Bonchev–Trinajstić information content (AvgIpc) is 3.93. The quantitative estimate of drug-likeness (QED) is 0.402. The van der Waals surface area contributed by atoms with E-state index >= 15 is 0 Å². The molecule has 3 aliphatic carbocycles. The van der Waals surface area contributed by atoms with Gasteiger partial charge in [-0.05, 0) is 74.1 Å². The summed E-state index contributed by atoms with van der Waals surface area (Å²) < 4.78 is 17.0. The van der Waals surface area contributed by atoms with E-state index in [4.69, 9.17) is 24.2 Å². The van der Waals surface area contributed by atoms with Crippen LogP contribution in [-0.4, -0.2) is 68.6 Å². The fraction of sp³-hybridized carbons (Fsp3) is 0.633. The molecule has 4 unspecified atom stereocenters. The molecule has 6 atom stereocenters. The number of hydrogen-bond donors (Lipinski definition) is 4. The first-order valence-electron chi connectivity index (χ1n) is 15.1. The largest absolute Gasteiger partial charge is 0.497 e. The number of ether oxygens (including phenoxy) is 3. The van der Waals surface area contributed by atoms with Gasteiger partial charge in [0.05, 0.1) is 39.0 Å². The minimum absolute atomic E-state index is 0.0299. The number of hydrogen-bond acceptors (Lipinski definition) is 10. The molecule has 11 nitrogen and oxygen atoms in total. The number of aromatic nitrogens is 2. The Labute approximate surface area is 240 Å². The molecule has 1 amide bonds. The number of nitrogens with zero attached hydrogens (tertiary/aromatic N) is 3. The zero-order valence-electron chi connectivity index (χ0n) is 23.7. The van der Waals surface area contributed by atoms with Crippen LogP contribution < -0.4 is 35.9 Å². The third kappa shape index (κ3) is 4.15. The Morgan fingerprint density at radius 1 is 1.07 bits per heavy atom. The van der Waals surface area contributed by atoms with E-state index in [1.165, 1.54) is 0 Å². The molecule has 0 bridgehead atoms. The zero-order valence-corrected chi connectivity index (χ0v) is 23.7. The van der Waals surface area contributed by atoms with Crippen LogP contribution in [-0.2, 0) is 14.9 Å². The number of anilines is 3. The van der Waals surface area contributed by atoms with Gasteiger partial charge in [0, 0.05) is 36.7 Å². The van der Waals surface area contributed by atoms with Crippen LogP contribution in [0.25, 0.3) is 0 Å². The minimum atomic E-state index is -0.394. The number of morpholine rings is 1. The maximum Gasteiger partial charge on any atom is 0.235 e. The predicted molar refractivity (Wildman–Crippen MR) is 153 cm³/mol. The van der Waals surface area contributed by atoms with Crippen molar-refractivity contribution < 1.29 is 19.0 Å². The van der Waals surface area contributed by atoms with E-state index in [0.717, 1.165) is 86.1 Å². The summed E-state index contributed by atoms with van der Waals surface area (Å²) in [5.41, 5.74) is 8.79. The molecule has 1 spiro atoms. The van der Waals surface area contributed by atoms with Crippen molar-refractivity contribution in [1.29, 1.82) is 0 Å². The standard InChI is InChI=1S/C30H39N7O4/c1-39-18-6-8-22-20(14-18)30(29(38)31-22)15-21(30)17-5-7-19-23(13-17)35-36-26(19)33-27-24(40-2)28(37-9-11-41-12-10-37)34-25(32-27)16-3-4-16/h6,8,14,16-17,19,21,23,26,35-36H,3-5,7,9-13,15H2,1-2H3,(H,31,38)(H,32,33,34)/t17?,19?,21-,23?,26?,30-/m0/s1. The molecule has 0 radical (unpaired) electrons. The highest BCUT2D eigenvalue weighted by Crippen LogP contribution is 2.65. The molecule has 5 fully saturated rings. The summed E-state index contributed by atoms with van der Waals surface area (Å²) in [7, 11) is 3.39. The molecular formula is C30H39N7O4. The third-order valence-electron chi connectivity index (χ3n) is 10.4. The first kappa shape index (κ1) is 25.6. The summed E-state index contributed by atoms with van der Waals surface area (Å²) in [4.78, 5) is 25.4. The number of fused-ring (bicyclic) bond motifs is 3. The Balaban J connectivity index is 0.993. The summed E-state index contributed by atoms with van der Waals surface area (Å²) >= 11 is 0. The average molecular weight is 562 g/mol. The van der Waals surface area contributed by atoms with Crippen molar-refractivity contribution >= 4 is 23.2 Å². The Bertz CT molecular complexity index is 1360. The van der Waals surface area contributed by atoms with Crippen molar-refractivity contribution in [3.05, 3.63) is 29.6 Å². The number of nitrogens with one attached hydrogen (secondary N) is 4. The molecule has 1 aromatic heterocycles. The van der Waals surface area contributed by atoms with Gasteiger partial charge in [-0.3, -0.25) is 10.2 Å². The molecule has 218 valence electrons. The Morgan fingerprint density at radius 2 is 1.93 bits per heavy atom. The van der Waals surface area contributed by atoms with E-state index in [1.54, 1.807) is 14.2 Å². The number of rotatable bonds is 7. The molecule has 8 rings (SSSR count). The molecular weight excluding hydrogens is 522 g/mol. The molecule has 4 heterocycles. The van der Waals surface area contributed by atoms with E-state index in [0.29, 0.717) is 48.7 Å². The molecule has 2 saturated heterocycles. The van der Waals surface area contributed by atoms with Crippen LogP contribution >= 0.6 is 0 Å². The smallest absolute Gasteiger partial charge is 0.235 e. The maximum atomic E-state index is 13.2. The van der Waals surface area contributed by atoms with Crippen LogP contribution in [0.3, 0.4) is 0 Å². The molecule has 41 heavy (non-hydrogen) atoms. The predicted octanol–water partition coefficient (Wildman–Crippen LogP) is 2.75. The van der Waals surface area contributed by atoms with Crippen molar-refractivity contribution in [3.63, 3.8) is 0 Å². The highest BCUT2D eigenvalue weighted by Gasteiger charge is 2.67. The van der Waals surface area contributed by atoms with Crippen LogP contribution in [0.1, 0.15) is 55.8 Å². The van der Waals surface area contributed by atoms with Crippen molar-refractivity contribution in [2.45, 2.75) is 62.1 Å². The molecule has 2 aromatic rings. The van der Waals surface area contributed by atoms with Crippen LogP contribution in [0.5, 0.6) is 11.5 Å². The minimum Gasteiger partial charge on any atom is -0.497 e. The SMILES string of the molecule is COc1ccc2c(c1)[C@]1(C[C@H]1C1CCC3C(C1)NNC3Nc1nc(C3CC3)nc(N3CCOCC3)c1OC)C(=O)N2. The molecule has 11 heteroatoms. The van der Waals surface area contributed by atoms with Crippen molar-refractivity contribution in [2.75, 3.05) is 56.1 Å². The van der Waals surface area contributed by atoms with Gasteiger partial charge in [-0.1, -0.05) is 0 Å². The van der Waals surface area contributed by atoms with Crippen LogP contribution in [0.15, 0.2) is 18.2 Å². The fourth-order valence-electron chi connectivity index (χ4n) is 7.92. The van der Waals surface area contributed by atoms with Gasteiger partial charge in [0.25, 0.3) is 0 Å². The maximum absolute atomic E-state index is 13.2. The van der Waals surface area contributed by atoms with Gasteiger partial charge in [-0.25, -0.2) is 15.4 Å². The Hall–Kier alpha value is -3.15. The van der Waals surface area contributed by atoms with E-state index in [1.807, 2.05) is 12.1 Å². The lowest BCUT2D eigenvalue weighted by atomic mass is 9.74. The third-order valence-corrected chi connectivity index (χ3v) is 10.4. The lowest BCUT2D eigenvalue weighted by molar-refractivity contribution is -0.118. The number of amides is 1. The van der Waals surface area contributed by atoms with Crippen LogP contribution in [0.2, 0.25) is 0 Å². The summed E-state index contributed by atoms with van der Waals surface area (Å²) in [6.45, 7) is 2.97. The summed E-state index contributed by atoms with van der Waals surface area (Å²) in [5, 5.41) is 6.86. The number of benzene rings is 1. The van der Waals surface area contributed by atoms with Gasteiger partial charge >= 0.3 is 0 Å². The second kappa shape index (κ2) is 9.71. The van der Waals surface area contributed by atoms with E-state index in [9.17, 15) is 4.79 Å². The van der Waals surface area contributed by atoms with Gasteiger partial charge in [0.1, 0.15) is 11.6 Å². The number of methoxy groups -OCH3 is 2. The van der Waals surface area contributed by atoms with E-state index in [-0.39, 0.29) is 12.1 Å². The molecule has 3 aliphatic heterocycles. The molecule has 1 aromatic carbocycles. The van der Waals surface area contributed by atoms with Crippen molar-refractivity contribution in [3.8, 4) is 11.5 Å². The van der Waals surface area contributed by atoms with Crippen molar-refractivity contribution in [1.82, 2.24) is 20.8 Å². The van der Waals surface area contributed by atoms with Gasteiger partial charge in [-0.15, -0.1) is 0 Å². The first-order valence-corrected chi connectivity index (χ1v) is 15.1. The van der Waals surface area contributed by atoms with Crippen LogP contribution in [0.4, 0.5) is 17.3 Å². The fourth-order valence-corrected chi connectivity index (χ4v) is 7.92. The lowest BCUT2D eigenvalue weighted by Gasteiger charge is -2.34. The van der Waals surface area contributed by atoms with Gasteiger partial charge in [-0.2, -0.15) is 0 Å². The molecule has 6 aliphatic rings. The van der Waals surface area contributed by atoms with Gasteiger partial charge in [0.15, 0.2) is 11.6 Å². The molecule has 4 N–H and O–H groups in total. The zero-order chi connectivity index (χ0) is 27.7.